The lowest BCUT2D eigenvalue weighted by Crippen LogP contribution is -2.15. The normalized spacial score (nSPS) is 10.2. The van der Waals surface area contributed by atoms with Gasteiger partial charge in [-0.1, -0.05) is 18.1 Å². The molecule has 0 atom stereocenters. The van der Waals surface area contributed by atoms with Crippen LogP contribution in [0.4, 0.5) is 5.95 Å². The van der Waals surface area contributed by atoms with Crippen LogP contribution in [-0.4, -0.2) is 39.0 Å². The molecule has 4 rings (SSSR count). The lowest BCUT2D eigenvalue weighted by molar-refractivity contribution is 0.0698. The number of H-pyrrole nitrogens is 1. The summed E-state index contributed by atoms with van der Waals surface area (Å²) in [5.74, 6) is 5.19. The number of fused-ring (bicyclic) bond motifs is 1. The Morgan fingerprint density at radius 1 is 1.00 bits per heavy atom. The number of aromatic nitrogens is 3. The predicted molar refractivity (Wildman–Crippen MR) is 114 cm³/mol. The molecule has 0 unspecified atom stereocenters. The SMILES string of the molecule is COc1ccc(C#Cc2cccc(C(=O)Nc3nc4c(C(=O)O)cccc4[nH]3)n2)cc1. The molecule has 31 heavy (non-hydrogen) atoms. The molecule has 0 bridgehead atoms. The monoisotopic (exact) mass is 412 g/mol. The second-order valence-electron chi connectivity index (χ2n) is 6.43. The standard InChI is InChI=1S/C23H16N4O4/c1-31-16-12-9-14(10-13-16)8-11-15-4-2-7-19(24-15)21(28)27-23-25-18-6-3-5-17(22(29)30)20(18)26-23/h2-7,9-10,12-13H,1H3,(H,29,30)(H2,25,26,27,28). The number of pyridine rings is 1. The van der Waals surface area contributed by atoms with Gasteiger partial charge >= 0.3 is 5.97 Å². The molecule has 0 aliphatic heterocycles. The zero-order valence-corrected chi connectivity index (χ0v) is 16.3. The smallest absolute Gasteiger partial charge is 0.337 e. The van der Waals surface area contributed by atoms with Gasteiger partial charge in [0.25, 0.3) is 5.91 Å². The maximum absolute atomic E-state index is 12.6. The van der Waals surface area contributed by atoms with E-state index < -0.39 is 11.9 Å². The Bertz CT molecular complexity index is 1350. The summed E-state index contributed by atoms with van der Waals surface area (Å²) < 4.78 is 5.12. The number of para-hydroxylation sites is 1. The van der Waals surface area contributed by atoms with Gasteiger partial charge in [-0.15, -0.1) is 0 Å². The molecule has 0 saturated heterocycles. The molecule has 2 aromatic heterocycles. The van der Waals surface area contributed by atoms with Crippen molar-refractivity contribution in [2.24, 2.45) is 0 Å². The first kappa shape index (κ1) is 19.7. The molecule has 1 amide bonds. The quantitative estimate of drug-likeness (QED) is 0.443. The lowest BCUT2D eigenvalue weighted by atomic mass is 10.2. The van der Waals surface area contributed by atoms with Crippen LogP contribution in [0.1, 0.15) is 32.1 Å². The van der Waals surface area contributed by atoms with Crippen molar-refractivity contribution < 1.29 is 19.4 Å². The minimum absolute atomic E-state index is 0.0446. The van der Waals surface area contributed by atoms with Gasteiger partial charge in [0.05, 0.1) is 18.2 Å². The topological polar surface area (TPSA) is 117 Å². The van der Waals surface area contributed by atoms with Gasteiger partial charge in [0.1, 0.15) is 22.7 Å². The van der Waals surface area contributed by atoms with Gasteiger partial charge in [-0.05, 0) is 54.5 Å². The van der Waals surface area contributed by atoms with Gasteiger partial charge in [-0.3, -0.25) is 10.1 Å². The van der Waals surface area contributed by atoms with Crippen LogP contribution in [0, 0.1) is 11.8 Å². The molecule has 0 fully saturated rings. The molecule has 2 heterocycles. The minimum Gasteiger partial charge on any atom is -0.497 e. The number of methoxy groups -OCH3 is 1. The Labute approximate surface area is 176 Å². The average molecular weight is 412 g/mol. The van der Waals surface area contributed by atoms with E-state index in [0.717, 1.165) is 11.3 Å². The van der Waals surface area contributed by atoms with Crippen molar-refractivity contribution in [3.8, 4) is 17.6 Å². The molecule has 152 valence electrons. The Morgan fingerprint density at radius 2 is 1.77 bits per heavy atom. The molecule has 0 aliphatic rings. The van der Waals surface area contributed by atoms with Gasteiger partial charge in [0.15, 0.2) is 0 Å². The molecule has 3 N–H and O–H groups in total. The number of carbonyl (C=O) groups excluding carboxylic acids is 1. The van der Waals surface area contributed by atoms with Crippen molar-refractivity contribution in [3.05, 3.63) is 83.2 Å². The number of ether oxygens (including phenoxy) is 1. The fourth-order valence-corrected chi connectivity index (χ4v) is 2.88. The third-order valence-electron chi connectivity index (χ3n) is 4.38. The van der Waals surface area contributed by atoms with Crippen LogP contribution in [0.25, 0.3) is 11.0 Å². The highest BCUT2D eigenvalue weighted by atomic mass is 16.5. The Morgan fingerprint density at radius 3 is 2.52 bits per heavy atom. The third kappa shape index (κ3) is 4.36. The van der Waals surface area contributed by atoms with Crippen LogP contribution in [0.15, 0.2) is 60.7 Å². The summed E-state index contributed by atoms with van der Waals surface area (Å²) in [6.07, 6.45) is 0. The highest BCUT2D eigenvalue weighted by Crippen LogP contribution is 2.19. The molecule has 2 aromatic carbocycles. The molecule has 0 saturated carbocycles. The Kier molecular flexibility index (Phi) is 5.32. The number of aromatic carboxylic acids is 1. The van der Waals surface area contributed by atoms with Crippen LogP contribution in [-0.2, 0) is 0 Å². The van der Waals surface area contributed by atoms with Crippen LogP contribution < -0.4 is 10.1 Å². The molecular formula is C23H16N4O4. The van der Waals surface area contributed by atoms with Gasteiger partial charge in [-0.25, -0.2) is 14.8 Å². The van der Waals surface area contributed by atoms with Crippen LogP contribution in [0.3, 0.4) is 0 Å². The molecule has 4 aromatic rings. The minimum atomic E-state index is -1.10. The van der Waals surface area contributed by atoms with Gasteiger partial charge < -0.3 is 14.8 Å². The summed E-state index contributed by atoms with van der Waals surface area (Å²) in [4.78, 5) is 35.3. The number of nitrogens with zero attached hydrogens (tertiary/aromatic N) is 2. The second kappa shape index (κ2) is 8.39. The van der Waals surface area contributed by atoms with Crippen LogP contribution in [0.5, 0.6) is 5.75 Å². The molecule has 0 radical (unpaired) electrons. The fourth-order valence-electron chi connectivity index (χ4n) is 2.88. The summed E-state index contributed by atoms with van der Waals surface area (Å²) in [7, 11) is 1.59. The molecule has 0 aliphatic carbocycles. The van der Waals surface area contributed by atoms with Crippen molar-refractivity contribution >= 4 is 28.9 Å². The molecule has 0 spiro atoms. The highest BCUT2D eigenvalue weighted by molar-refractivity contribution is 6.04. The van der Waals surface area contributed by atoms with E-state index in [1.807, 2.05) is 24.3 Å². The van der Waals surface area contributed by atoms with E-state index in [2.05, 4.69) is 32.1 Å². The number of carboxylic acids is 1. The number of carboxylic acid groups (broad SMARTS) is 1. The predicted octanol–water partition coefficient (Wildman–Crippen LogP) is 3.32. The van der Waals surface area contributed by atoms with Crippen LogP contribution >= 0.6 is 0 Å². The number of anilines is 1. The van der Waals surface area contributed by atoms with E-state index >= 15 is 0 Å². The number of carbonyl (C=O) groups is 2. The number of benzene rings is 2. The maximum atomic E-state index is 12.6. The third-order valence-corrected chi connectivity index (χ3v) is 4.38. The Hall–Kier alpha value is -4.64. The number of hydrogen-bond acceptors (Lipinski definition) is 5. The summed E-state index contributed by atoms with van der Waals surface area (Å²) in [5, 5.41) is 11.9. The molecule has 8 nitrogen and oxygen atoms in total. The lowest BCUT2D eigenvalue weighted by Gasteiger charge is -2.01. The van der Waals surface area contributed by atoms with Crippen molar-refractivity contribution in [1.29, 1.82) is 0 Å². The van der Waals surface area contributed by atoms with Gasteiger partial charge in [0, 0.05) is 5.56 Å². The fraction of sp³-hybridized carbons (Fsp3) is 0.0435. The van der Waals surface area contributed by atoms with Gasteiger partial charge in [0.2, 0.25) is 5.95 Å². The van der Waals surface area contributed by atoms with E-state index in [0.29, 0.717) is 11.2 Å². The van der Waals surface area contributed by atoms with Crippen molar-refractivity contribution in [2.45, 2.75) is 0 Å². The van der Waals surface area contributed by atoms with E-state index in [4.69, 9.17) is 4.74 Å². The largest absolute Gasteiger partial charge is 0.497 e. The average Bonchev–Trinajstić information content (AvgIpc) is 3.20. The number of nitrogens with one attached hydrogen (secondary N) is 2. The Balaban J connectivity index is 1.53. The van der Waals surface area contributed by atoms with E-state index in [9.17, 15) is 14.7 Å². The summed E-state index contributed by atoms with van der Waals surface area (Å²) >= 11 is 0. The van der Waals surface area contributed by atoms with Gasteiger partial charge in [-0.2, -0.15) is 0 Å². The molecule has 8 heteroatoms. The number of rotatable bonds is 4. The van der Waals surface area contributed by atoms with Crippen molar-refractivity contribution in [1.82, 2.24) is 15.0 Å². The zero-order valence-electron chi connectivity index (χ0n) is 16.3. The number of hydrogen-bond donors (Lipinski definition) is 3. The summed E-state index contributed by atoms with van der Waals surface area (Å²) in [5.41, 5.74) is 2.18. The van der Waals surface area contributed by atoms with E-state index in [1.54, 1.807) is 37.4 Å². The van der Waals surface area contributed by atoms with Crippen LogP contribution in [0.2, 0.25) is 0 Å². The zero-order chi connectivity index (χ0) is 21.8. The summed E-state index contributed by atoms with van der Waals surface area (Å²) in [6, 6.07) is 16.9. The first-order valence-electron chi connectivity index (χ1n) is 9.20. The van der Waals surface area contributed by atoms with Crippen molar-refractivity contribution in [2.75, 3.05) is 12.4 Å². The molecular weight excluding hydrogens is 396 g/mol. The van der Waals surface area contributed by atoms with E-state index in [1.165, 1.54) is 6.07 Å². The first-order valence-corrected chi connectivity index (χ1v) is 9.20. The van der Waals surface area contributed by atoms with Crippen molar-refractivity contribution in [3.63, 3.8) is 0 Å². The highest BCUT2D eigenvalue weighted by Gasteiger charge is 2.15. The second-order valence-corrected chi connectivity index (χ2v) is 6.43. The maximum Gasteiger partial charge on any atom is 0.337 e. The number of imidazole rings is 1. The first-order chi connectivity index (χ1) is 15.0. The number of amides is 1. The number of aromatic amines is 1. The van der Waals surface area contributed by atoms with E-state index in [-0.39, 0.29) is 22.7 Å². The summed E-state index contributed by atoms with van der Waals surface area (Å²) in [6.45, 7) is 0.